The summed E-state index contributed by atoms with van der Waals surface area (Å²) in [5, 5.41) is 3.36. The summed E-state index contributed by atoms with van der Waals surface area (Å²) in [6, 6.07) is -0.167. The minimum atomic E-state index is -0.167. The summed E-state index contributed by atoms with van der Waals surface area (Å²) >= 11 is 0. The molecule has 1 unspecified atom stereocenters. The fraction of sp³-hybridized carbons (Fsp3) is 0.923. The number of esters is 1. The van der Waals surface area contributed by atoms with Gasteiger partial charge in [-0.1, -0.05) is 13.8 Å². The Morgan fingerprint density at radius 3 is 2.47 bits per heavy atom. The van der Waals surface area contributed by atoms with Crippen LogP contribution >= 0.6 is 0 Å². The molecule has 0 aliphatic carbocycles. The molecule has 0 radical (unpaired) electrons. The lowest BCUT2D eigenvalue weighted by Crippen LogP contribution is -2.45. The topological polar surface area (TPSA) is 41.6 Å². The van der Waals surface area contributed by atoms with Gasteiger partial charge in [0.15, 0.2) is 0 Å². The highest BCUT2D eigenvalue weighted by Gasteiger charge is 2.24. The second kappa shape index (κ2) is 6.97. The molecule has 17 heavy (non-hydrogen) atoms. The molecule has 1 saturated heterocycles. The van der Waals surface area contributed by atoms with Gasteiger partial charge < -0.3 is 15.0 Å². The molecule has 0 spiro atoms. The number of methoxy groups -OCH3 is 1. The number of piperidine rings is 1. The fourth-order valence-electron chi connectivity index (χ4n) is 2.28. The van der Waals surface area contributed by atoms with E-state index < -0.39 is 0 Å². The highest BCUT2D eigenvalue weighted by molar-refractivity contribution is 5.75. The Bertz CT molecular complexity index is 236. The van der Waals surface area contributed by atoms with Crippen LogP contribution in [-0.2, 0) is 9.53 Å². The monoisotopic (exact) mass is 242 g/mol. The van der Waals surface area contributed by atoms with E-state index in [2.05, 4.69) is 17.3 Å². The Morgan fingerprint density at radius 2 is 2.00 bits per heavy atom. The van der Waals surface area contributed by atoms with Gasteiger partial charge in [-0.3, -0.25) is 4.79 Å². The highest BCUT2D eigenvalue weighted by atomic mass is 16.5. The van der Waals surface area contributed by atoms with Crippen molar-refractivity contribution in [2.75, 3.05) is 33.8 Å². The lowest BCUT2D eigenvalue weighted by molar-refractivity contribution is -0.144. The summed E-state index contributed by atoms with van der Waals surface area (Å²) in [7, 11) is 3.62. The number of carbonyl (C=O) groups excluding carboxylic acids is 1. The van der Waals surface area contributed by atoms with E-state index in [0.717, 1.165) is 19.6 Å². The van der Waals surface area contributed by atoms with Crippen molar-refractivity contribution in [1.82, 2.24) is 10.2 Å². The second-order valence-electron chi connectivity index (χ2n) is 5.40. The van der Waals surface area contributed by atoms with Crippen molar-refractivity contribution >= 4 is 5.97 Å². The van der Waals surface area contributed by atoms with E-state index in [1.54, 1.807) is 0 Å². The lowest BCUT2D eigenvalue weighted by Gasteiger charge is -2.30. The first-order valence-corrected chi connectivity index (χ1v) is 6.54. The maximum atomic E-state index is 11.6. The Labute approximate surface area is 105 Å². The average Bonchev–Trinajstić information content (AvgIpc) is 2.31. The Hall–Kier alpha value is -0.610. The number of nitrogens with one attached hydrogen (secondary N) is 1. The fourth-order valence-corrected chi connectivity index (χ4v) is 2.28. The van der Waals surface area contributed by atoms with Gasteiger partial charge in [0.25, 0.3) is 0 Å². The summed E-state index contributed by atoms with van der Waals surface area (Å²) in [4.78, 5) is 13.9. The van der Waals surface area contributed by atoms with Gasteiger partial charge in [0, 0.05) is 0 Å². The molecule has 0 aromatic rings. The number of nitrogens with zero attached hydrogens (tertiary/aromatic N) is 1. The zero-order valence-electron chi connectivity index (χ0n) is 11.5. The van der Waals surface area contributed by atoms with Crippen LogP contribution in [0.5, 0.6) is 0 Å². The molecule has 1 N–H and O–H groups in total. The van der Waals surface area contributed by atoms with E-state index in [1.807, 2.05) is 13.8 Å². The summed E-state index contributed by atoms with van der Waals surface area (Å²) < 4.78 is 4.82. The number of hydrogen-bond donors (Lipinski definition) is 1. The van der Waals surface area contributed by atoms with E-state index in [4.69, 9.17) is 4.74 Å². The van der Waals surface area contributed by atoms with Crippen molar-refractivity contribution in [3.63, 3.8) is 0 Å². The van der Waals surface area contributed by atoms with Gasteiger partial charge in [0.05, 0.1) is 7.11 Å². The van der Waals surface area contributed by atoms with Gasteiger partial charge in [0.1, 0.15) is 6.04 Å². The Kier molecular flexibility index (Phi) is 5.92. The van der Waals surface area contributed by atoms with Crippen LogP contribution in [0.4, 0.5) is 0 Å². The van der Waals surface area contributed by atoms with Crippen molar-refractivity contribution in [3.05, 3.63) is 0 Å². The van der Waals surface area contributed by atoms with Crippen molar-refractivity contribution < 1.29 is 9.53 Å². The number of likely N-dealkylation sites (tertiary alicyclic amines) is 1. The summed E-state index contributed by atoms with van der Waals surface area (Å²) in [6.45, 7) is 7.34. The minimum Gasteiger partial charge on any atom is -0.468 e. The van der Waals surface area contributed by atoms with Crippen LogP contribution < -0.4 is 5.32 Å². The van der Waals surface area contributed by atoms with Crippen molar-refractivity contribution in [2.45, 2.75) is 32.7 Å². The van der Waals surface area contributed by atoms with Crippen LogP contribution in [0, 0.1) is 11.8 Å². The van der Waals surface area contributed by atoms with Gasteiger partial charge in [0.2, 0.25) is 0 Å². The molecule has 1 atom stereocenters. The maximum Gasteiger partial charge on any atom is 0.323 e. The second-order valence-corrected chi connectivity index (χ2v) is 5.40. The molecule has 1 aliphatic heterocycles. The van der Waals surface area contributed by atoms with E-state index in [0.29, 0.717) is 5.92 Å². The van der Waals surface area contributed by atoms with Crippen LogP contribution in [0.25, 0.3) is 0 Å². The van der Waals surface area contributed by atoms with Crippen molar-refractivity contribution in [1.29, 1.82) is 0 Å². The molecule has 0 saturated carbocycles. The van der Waals surface area contributed by atoms with E-state index >= 15 is 0 Å². The van der Waals surface area contributed by atoms with Gasteiger partial charge in [-0.15, -0.1) is 0 Å². The normalized spacial score (nSPS) is 20.5. The highest BCUT2D eigenvalue weighted by Crippen LogP contribution is 2.15. The first-order chi connectivity index (χ1) is 8.04. The maximum absolute atomic E-state index is 11.6. The zero-order chi connectivity index (χ0) is 12.8. The molecule has 0 amide bonds. The van der Waals surface area contributed by atoms with Gasteiger partial charge in [-0.2, -0.15) is 0 Å². The van der Waals surface area contributed by atoms with E-state index in [-0.39, 0.29) is 17.9 Å². The standard InChI is InChI=1S/C13H26N2O2/c1-10(2)12(13(16)17-4)14-9-11-5-7-15(3)8-6-11/h10-12,14H,5-9H2,1-4H3. The lowest BCUT2D eigenvalue weighted by atomic mass is 9.96. The average molecular weight is 242 g/mol. The largest absolute Gasteiger partial charge is 0.468 e. The van der Waals surface area contributed by atoms with Gasteiger partial charge in [-0.05, 0) is 51.4 Å². The molecular weight excluding hydrogens is 216 g/mol. The molecule has 4 nitrogen and oxygen atoms in total. The van der Waals surface area contributed by atoms with Crippen LogP contribution in [0.2, 0.25) is 0 Å². The summed E-state index contributed by atoms with van der Waals surface area (Å²) in [6.07, 6.45) is 2.44. The number of carbonyl (C=O) groups is 1. The third-order valence-corrected chi connectivity index (χ3v) is 3.59. The van der Waals surface area contributed by atoms with Crippen LogP contribution in [0.15, 0.2) is 0 Å². The molecule has 4 heteroatoms. The Morgan fingerprint density at radius 1 is 1.41 bits per heavy atom. The molecule has 0 bridgehead atoms. The molecule has 100 valence electrons. The quantitative estimate of drug-likeness (QED) is 0.734. The number of ether oxygens (including phenoxy) is 1. The SMILES string of the molecule is COC(=O)C(NCC1CCN(C)CC1)C(C)C. The van der Waals surface area contributed by atoms with Crippen LogP contribution in [0.3, 0.4) is 0 Å². The molecule has 1 aliphatic rings. The first kappa shape index (κ1) is 14.5. The van der Waals surface area contributed by atoms with Crippen molar-refractivity contribution in [3.8, 4) is 0 Å². The zero-order valence-corrected chi connectivity index (χ0v) is 11.5. The van der Waals surface area contributed by atoms with E-state index in [9.17, 15) is 4.79 Å². The number of hydrogen-bond acceptors (Lipinski definition) is 4. The van der Waals surface area contributed by atoms with Gasteiger partial charge >= 0.3 is 5.97 Å². The first-order valence-electron chi connectivity index (χ1n) is 6.54. The molecule has 1 fully saturated rings. The van der Waals surface area contributed by atoms with Crippen LogP contribution in [-0.4, -0.2) is 50.7 Å². The predicted octanol–water partition coefficient (Wildman–Crippen LogP) is 1.12. The minimum absolute atomic E-state index is 0.145. The molecule has 1 heterocycles. The molecular formula is C13H26N2O2. The third kappa shape index (κ3) is 4.64. The van der Waals surface area contributed by atoms with Gasteiger partial charge in [-0.25, -0.2) is 0 Å². The third-order valence-electron chi connectivity index (χ3n) is 3.59. The summed E-state index contributed by atoms with van der Waals surface area (Å²) in [5.41, 5.74) is 0. The molecule has 0 aromatic carbocycles. The van der Waals surface area contributed by atoms with E-state index in [1.165, 1.54) is 20.0 Å². The molecule has 0 aromatic heterocycles. The van der Waals surface area contributed by atoms with Crippen molar-refractivity contribution in [2.24, 2.45) is 11.8 Å². The predicted molar refractivity (Wildman–Crippen MR) is 68.9 cm³/mol. The smallest absolute Gasteiger partial charge is 0.323 e. The summed E-state index contributed by atoms with van der Waals surface area (Å²) in [5.74, 6) is 0.818. The number of rotatable bonds is 5. The van der Waals surface area contributed by atoms with Crippen LogP contribution in [0.1, 0.15) is 26.7 Å². The molecule has 1 rings (SSSR count). The Balaban J connectivity index is 2.34.